The lowest BCUT2D eigenvalue weighted by molar-refractivity contribution is 0.0394. The molecule has 0 aliphatic heterocycles. The summed E-state index contributed by atoms with van der Waals surface area (Å²) in [5, 5.41) is 11.6. The Morgan fingerprint density at radius 1 is 1.37 bits per heavy atom. The maximum atomic E-state index is 8.65. The Bertz CT molecular complexity index is 442. The van der Waals surface area contributed by atoms with Crippen molar-refractivity contribution in [3.8, 4) is 0 Å². The summed E-state index contributed by atoms with van der Waals surface area (Å²) in [6, 6.07) is 5.71. The fraction of sp³-hybridized carbons (Fsp3) is 0.533. The smallest absolute Gasteiger partial charge is 0.170 e. The molecule has 0 saturated carbocycles. The van der Waals surface area contributed by atoms with Gasteiger partial charge in [0, 0.05) is 5.56 Å². The third-order valence-electron chi connectivity index (χ3n) is 3.07. The lowest BCUT2D eigenvalue weighted by Crippen LogP contribution is -2.14. The molecule has 0 amide bonds. The largest absolute Gasteiger partial charge is 0.409 e. The van der Waals surface area contributed by atoms with Gasteiger partial charge in [-0.25, -0.2) is 0 Å². The van der Waals surface area contributed by atoms with Gasteiger partial charge in [-0.05, 0) is 43.4 Å². The predicted molar refractivity (Wildman–Crippen MR) is 77.4 cm³/mol. The summed E-state index contributed by atoms with van der Waals surface area (Å²) in [6.45, 7) is 9.07. The van der Waals surface area contributed by atoms with Crippen molar-refractivity contribution in [2.75, 3.05) is 0 Å². The molecule has 0 bridgehead atoms. The highest BCUT2D eigenvalue weighted by atomic mass is 16.5. The molecule has 1 unspecified atom stereocenters. The van der Waals surface area contributed by atoms with Gasteiger partial charge in [0.1, 0.15) is 0 Å². The standard InChI is InChI=1S/C15H24N2O2/c1-10(2)7-12(4)19-9-14-6-5-13(8-11(14)3)15(16)17-18/h5-6,8,10,12,18H,7,9H2,1-4H3,(H2,16,17). The first kappa shape index (κ1) is 15.5. The van der Waals surface area contributed by atoms with Crippen LogP contribution >= 0.6 is 0 Å². The number of nitrogens with zero attached hydrogens (tertiary/aromatic N) is 1. The minimum Gasteiger partial charge on any atom is -0.409 e. The molecule has 19 heavy (non-hydrogen) atoms. The zero-order valence-electron chi connectivity index (χ0n) is 12.2. The van der Waals surface area contributed by atoms with Crippen LogP contribution in [0.4, 0.5) is 0 Å². The molecule has 1 aromatic carbocycles. The van der Waals surface area contributed by atoms with Crippen LogP contribution in [-0.4, -0.2) is 17.1 Å². The van der Waals surface area contributed by atoms with E-state index in [1.54, 1.807) is 0 Å². The number of benzene rings is 1. The van der Waals surface area contributed by atoms with Crippen LogP contribution in [0.15, 0.2) is 23.4 Å². The van der Waals surface area contributed by atoms with E-state index in [0.29, 0.717) is 12.5 Å². The Kier molecular flexibility index (Phi) is 5.83. The average Bonchev–Trinajstić information content (AvgIpc) is 2.35. The molecule has 1 rings (SSSR count). The van der Waals surface area contributed by atoms with Crippen molar-refractivity contribution < 1.29 is 9.94 Å². The SMILES string of the molecule is Cc1cc(/C(N)=N/O)ccc1COC(C)CC(C)C. The third kappa shape index (κ3) is 4.91. The van der Waals surface area contributed by atoms with Crippen LogP contribution in [0.25, 0.3) is 0 Å². The number of hydrogen-bond acceptors (Lipinski definition) is 3. The van der Waals surface area contributed by atoms with E-state index < -0.39 is 0 Å². The monoisotopic (exact) mass is 264 g/mol. The van der Waals surface area contributed by atoms with E-state index in [0.717, 1.165) is 23.1 Å². The van der Waals surface area contributed by atoms with E-state index >= 15 is 0 Å². The minimum absolute atomic E-state index is 0.128. The van der Waals surface area contributed by atoms with Gasteiger partial charge >= 0.3 is 0 Å². The van der Waals surface area contributed by atoms with Crippen molar-refractivity contribution in [2.45, 2.75) is 46.8 Å². The molecule has 0 heterocycles. The highest BCUT2D eigenvalue weighted by molar-refractivity contribution is 5.97. The molecule has 1 aromatic rings. The molecule has 3 N–H and O–H groups in total. The Hall–Kier alpha value is -1.55. The predicted octanol–water partition coefficient (Wildman–Crippen LogP) is 3.04. The van der Waals surface area contributed by atoms with Crippen LogP contribution in [0.2, 0.25) is 0 Å². The number of aryl methyl sites for hydroxylation is 1. The highest BCUT2D eigenvalue weighted by Crippen LogP contribution is 2.15. The number of oxime groups is 1. The number of amidine groups is 1. The molecular formula is C15H24N2O2. The minimum atomic E-state index is 0.128. The first-order chi connectivity index (χ1) is 8.93. The number of rotatable bonds is 6. The zero-order valence-corrected chi connectivity index (χ0v) is 12.2. The van der Waals surface area contributed by atoms with Crippen LogP contribution < -0.4 is 5.73 Å². The van der Waals surface area contributed by atoms with E-state index in [4.69, 9.17) is 15.7 Å². The summed E-state index contributed by atoms with van der Waals surface area (Å²) >= 11 is 0. The molecule has 0 aliphatic rings. The van der Waals surface area contributed by atoms with Crippen molar-refractivity contribution in [1.29, 1.82) is 0 Å². The van der Waals surface area contributed by atoms with Crippen molar-refractivity contribution in [3.63, 3.8) is 0 Å². The Balaban J connectivity index is 2.65. The summed E-state index contributed by atoms with van der Waals surface area (Å²) in [6.07, 6.45) is 1.31. The molecular weight excluding hydrogens is 240 g/mol. The molecule has 4 heteroatoms. The van der Waals surface area contributed by atoms with Gasteiger partial charge in [-0.2, -0.15) is 0 Å². The molecule has 106 valence electrons. The number of hydrogen-bond donors (Lipinski definition) is 2. The topological polar surface area (TPSA) is 67.8 Å². The maximum absolute atomic E-state index is 8.65. The van der Waals surface area contributed by atoms with Gasteiger partial charge in [0.05, 0.1) is 12.7 Å². The van der Waals surface area contributed by atoms with Gasteiger partial charge in [0.2, 0.25) is 0 Å². The average molecular weight is 264 g/mol. The summed E-state index contributed by atoms with van der Waals surface area (Å²) in [4.78, 5) is 0. The normalized spacial score (nSPS) is 13.8. The quantitative estimate of drug-likeness (QED) is 0.359. The second-order valence-electron chi connectivity index (χ2n) is 5.38. The second-order valence-corrected chi connectivity index (χ2v) is 5.38. The fourth-order valence-corrected chi connectivity index (χ4v) is 2.04. The van der Waals surface area contributed by atoms with E-state index in [1.165, 1.54) is 0 Å². The van der Waals surface area contributed by atoms with Gasteiger partial charge in [-0.15, -0.1) is 0 Å². The fourth-order valence-electron chi connectivity index (χ4n) is 2.04. The van der Waals surface area contributed by atoms with Crippen molar-refractivity contribution in [3.05, 3.63) is 34.9 Å². The summed E-state index contributed by atoms with van der Waals surface area (Å²) in [5.41, 5.74) is 8.49. The van der Waals surface area contributed by atoms with Gasteiger partial charge in [-0.1, -0.05) is 31.1 Å². The molecule has 0 aliphatic carbocycles. The van der Waals surface area contributed by atoms with Gasteiger partial charge < -0.3 is 15.7 Å². The van der Waals surface area contributed by atoms with Crippen LogP contribution in [0.1, 0.15) is 43.9 Å². The third-order valence-corrected chi connectivity index (χ3v) is 3.07. The van der Waals surface area contributed by atoms with Gasteiger partial charge in [0.15, 0.2) is 5.84 Å². The van der Waals surface area contributed by atoms with E-state index in [-0.39, 0.29) is 11.9 Å². The maximum Gasteiger partial charge on any atom is 0.170 e. The molecule has 0 aromatic heterocycles. The second kappa shape index (κ2) is 7.14. The summed E-state index contributed by atoms with van der Waals surface area (Å²) in [5.74, 6) is 0.766. The molecule has 1 atom stereocenters. The van der Waals surface area contributed by atoms with Crippen LogP contribution in [0.5, 0.6) is 0 Å². The van der Waals surface area contributed by atoms with Crippen LogP contribution in [0, 0.1) is 12.8 Å². The zero-order chi connectivity index (χ0) is 14.4. The van der Waals surface area contributed by atoms with E-state index in [2.05, 4.69) is 25.9 Å². The number of ether oxygens (including phenoxy) is 1. The Morgan fingerprint density at radius 2 is 2.05 bits per heavy atom. The molecule has 0 radical (unpaired) electrons. The van der Waals surface area contributed by atoms with Gasteiger partial charge in [-0.3, -0.25) is 0 Å². The van der Waals surface area contributed by atoms with Crippen molar-refractivity contribution in [1.82, 2.24) is 0 Å². The lowest BCUT2D eigenvalue weighted by Gasteiger charge is -2.16. The molecule has 4 nitrogen and oxygen atoms in total. The molecule has 0 spiro atoms. The Labute approximate surface area is 115 Å². The van der Waals surface area contributed by atoms with E-state index in [1.807, 2.05) is 25.1 Å². The lowest BCUT2D eigenvalue weighted by atomic mass is 10.0. The van der Waals surface area contributed by atoms with Gasteiger partial charge in [0.25, 0.3) is 0 Å². The van der Waals surface area contributed by atoms with E-state index in [9.17, 15) is 0 Å². The number of nitrogens with two attached hydrogens (primary N) is 1. The summed E-state index contributed by atoms with van der Waals surface area (Å²) < 4.78 is 5.84. The van der Waals surface area contributed by atoms with Crippen LogP contribution in [0.3, 0.4) is 0 Å². The molecule has 0 saturated heterocycles. The first-order valence-corrected chi connectivity index (χ1v) is 6.63. The van der Waals surface area contributed by atoms with Crippen molar-refractivity contribution >= 4 is 5.84 Å². The molecule has 0 fully saturated rings. The first-order valence-electron chi connectivity index (χ1n) is 6.63. The Morgan fingerprint density at radius 3 is 2.58 bits per heavy atom. The summed E-state index contributed by atoms with van der Waals surface area (Å²) in [7, 11) is 0. The van der Waals surface area contributed by atoms with Crippen molar-refractivity contribution in [2.24, 2.45) is 16.8 Å². The highest BCUT2D eigenvalue weighted by Gasteiger charge is 2.08. The van der Waals surface area contributed by atoms with Crippen LogP contribution in [-0.2, 0) is 11.3 Å².